The van der Waals surface area contributed by atoms with Gasteiger partial charge in [0.25, 0.3) is 0 Å². The fourth-order valence-corrected chi connectivity index (χ4v) is 2.31. The van der Waals surface area contributed by atoms with Crippen molar-refractivity contribution in [3.8, 4) is 0 Å². The lowest BCUT2D eigenvalue weighted by molar-refractivity contribution is -0.285. The minimum absolute atomic E-state index is 0.317. The third-order valence-electron chi connectivity index (χ3n) is 3.90. The average molecular weight is 312 g/mol. The van der Waals surface area contributed by atoms with Crippen LogP contribution < -0.4 is 0 Å². The summed E-state index contributed by atoms with van der Waals surface area (Å²) < 4.78 is 10.2. The van der Waals surface area contributed by atoms with Gasteiger partial charge < -0.3 is 29.9 Å². The zero-order chi connectivity index (χ0) is 16.4. The van der Waals surface area contributed by atoms with E-state index in [1.165, 1.54) is 0 Å². The molecular weight excluding hydrogens is 292 g/mol. The molecule has 7 heteroatoms. The number of aryl methyl sites for hydroxylation is 1. The molecular formula is C15H20O7. The molecule has 22 heavy (non-hydrogen) atoms. The highest BCUT2D eigenvalue weighted by Crippen LogP contribution is 2.23. The van der Waals surface area contributed by atoms with Crippen molar-refractivity contribution >= 4 is 5.97 Å². The van der Waals surface area contributed by atoms with Crippen LogP contribution in [-0.2, 0) is 9.47 Å². The molecule has 0 spiro atoms. The maximum Gasteiger partial charge on any atom is 0.340 e. The topological polar surface area (TPSA) is 116 Å². The zero-order valence-corrected chi connectivity index (χ0v) is 12.3. The van der Waals surface area contributed by atoms with Crippen LogP contribution in [0.4, 0.5) is 0 Å². The van der Waals surface area contributed by atoms with Crippen molar-refractivity contribution in [1.29, 1.82) is 0 Å². The van der Waals surface area contributed by atoms with Gasteiger partial charge in [-0.25, -0.2) is 4.79 Å². The second-order valence-electron chi connectivity index (χ2n) is 5.35. The first-order valence-corrected chi connectivity index (χ1v) is 6.94. The van der Waals surface area contributed by atoms with E-state index in [9.17, 15) is 20.1 Å². The van der Waals surface area contributed by atoms with Crippen LogP contribution in [0.3, 0.4) is 0 Å². The van der Waals surface area contributed by atoms with Gasteiger partial charge in [-0.3, -0.25) is 0 Å². The molecule has 0 radical (unpaired) electrons. The van der Waals surface area contributed by atoms with Crippen LogP contribution in [0.1, 0.15) is 21.5 Å². The molecule has 0 amide bonds. The number of benzene rings is 1. The predicted octanol–water partition coefficient (Wildman–Crippen LogP) is -0.740. The van der Waals surface area contributed by atoms with Crippen molar-refractivity contribution in [3.05, 3.63) is 34.9 Å². The largest absolute Gasteiger partial charge is 0.429 e. The van der Waals surface area contributed by atoms with Crippen LogP contribution in [-0.4, -0.2) is 63.7 Å². The minimum Gasteiger partial charge on any atom is -0.429 e. The van der Waals surface area contributed by atoms with Gasteiger partial charge in [0.1, 0.15) is 24.4 Å². The van der Waals surface area contributed by atoms with E-state index < -0.39 is 43.3 Å². The summed E-state index contributed by atoms with van der Waals surface area (Å²) in [4.78, 5) is 12.2. The van der Waals surface area contributed by atoms with Crippen LogP contribution in [0.25, 0.3) is 0 Å². The Morgan fingerprint density at radius 2 is 1.86 bits per heavy atom. The van der Waals surface area contributed by atoms with Gasteiger partial charge in [0.2, 0.25) is 6.29 Å². The van der Waals surface area contributed by atoms with Gasteiger partial charge in [0.15, 0.2) is 0 Å². The summed E-state index contributed by atoms with van der Waals surface area (Å²) >= 11 is 0. The van der Waals surface area contributed by atoms with Crippen LogP contribution in [0, 0.1) is 13.8 Å². The molecule has 1 saturated heterocycles. The molecule has 0 aliphatic carbocycles. The number of esters is 1. The summed E-state index contributed by atoms with van der Waals surface area (Å²) in [5, 5.41) is 38.3. The van der Waals surface area contributed by atoms with Gasteiger partial charge >= 0.3 is 5.97 Å². The van der Waals surface area contributed by atoms with E-state index >= 15 is 0 Å². The van der Waals surface area contributed by atoms with Crippen molar-refractivity contribution in [2.24, 2.45) is 0 Å². The number of aliphatic hydroxyl groups excluding tert-OH is 4. The molecule has 2 rings (SSSR count). The molecule has 0 bridgehead atoms. The van der Waals surface area contributed by atoms with Gasteiger partial charge in [-0.15, -0.1) is 0 Å². The summed E-state index contributed by atoms with van der Waals surface area (Å²) in [6.07, 6.45) is -7.26. The monoisotopic (exact) mass is 312 g/mol. The van der Waals surface area contributed by atoms with E-state index in [-0.39, 0.29) is 0 Å². The van der Waals surface area contributed by atoms with E-state index in [0.29, 0.717) is 5.56 Å². The summed E-state index contributed by atoms with van der Waals surface area (Å²) in [7, 11) is 0. The molecule has 5 atom stereocenters. The third kappa shape index (κ3) is 3.13. The summed E-state index contributed by atoms with van der Waals surface area (Å²) in [6.45, 7) is 3.03. The first kappa shape index (κ1) is 16.9. The maximum atomic E-state index is 12.2. The molecule has 122 valence electrons. The van der Waals surface area contributed by atoms with E-state index in [0.717, 1.165) is 11.1 Å². The number of hydrogen-bond donors (Lipinski definition) is 4. The number of ether oxygens (including phenoxy) is 2. The van der Waals surface area contributed by atoms with Crippen molar-refractivity contribution in [1.82, 2.24) is 0 Å². The molecule has 0 aromatic heterocycles. The Labute approximate surface area is 127 Å². The molecule has 0 saturated carbocycles. The summed E-state index contributed by atoms with van der Waals surface area (Å²) in [5.41, 5.74) is 1.96. The van der Waals surface area contributed by atoms with Gasteiger partial charge in [-0.1, -0.05) is 12.1 Å². The standard InChI is InChI=1S/C15H20O7/c1-7-4-3-5-9(8(7)2)14(20)22-15-13(19)12(18)11(17)10(6-16)21-15/h3-5,10-13,15-19H,6H2,1-2H3/t10-,11+,12+,13-,15+/m1/s1. The Bertz CT molecular complexity index is 543. The lowest BCUT2D eigenvalue weighted by Gasteiger charge is -2.39. The van der Waals surface area contributed by atoms with Crippen molar-refractivity contribution < 1.29 is 34.7 Å². The molecule has 0 unspecified atom stereocenters. The summed E-state index contributed by atoms with van der Waals surface area (Å²) in [5.74, 6) is -0.717. The summed E-state index contributed by atoms with van der Waals surface area (Å²) in [6, 6.07) is 5.13. The van der Waals surface area contributed by atoms with Gasteiger partial charge in [-0.05, 0) is 31.0 Å². The fraction of sp³-hybridized carbons (Fsp3) is 0.533. The van der Waals surface area contributed by atoms with Crippen molar-refractivity contribution in [3.63, 3.8) is 0 Å². The van der Waals surface area contributed by atoms with Crippen LogP contribution in [0.2, 0.25) is 0 Å². The first-order chi connectivity index (χ1) is 10.4. The number of aliphatic hydroxyl groups is 4. The number of carbonyl (C=O) groups is 1. The normalized spacial score (nSPS) is 31.8. The average Bonchev–Trinajstić information content (AvgIpc) is 2.50. The number of hydrogen-bond acceptors (Lipinski definition) is 7. The number of carbonyl (C=O) groups excluding carboxylic acids is 1. The lowest BCUT2D eigenvalue weighted by Crippen LogP contribution is -2.59. The third-order valence-corrected chi connectivity index (χ3v) is 3.90. The first-order valence-electron chi connectivity index (χ1n) is 6.94. The molecule has 1 aliphatic heterocycles. The fourth-order valence-electron chi connectivity index (χ4n) is 2.31. The van der Waals surface area contributed by atoms with Gasteiger partial charge in [-0.2, -0.15) is 0 Å². The van der Waals surface area contributed by atoms with E-state index in [2.05, 4.69) is 0 Å². The molecule has 4 N–H and O–H groups in total. The zero-order valence-electron chi connectivity index (χ0n) is 12.3. The second kappa shape index (κ2) is 6.72. The second-order valence-corrected chi connectivity index (χ2v) is 5.35. The highest BCUT2D eigenvalue weighted by atomic mass is 16.7. The van der Waals surface area contributed by atoms with E-state index in [1.807, 2.05) is 13.0 Å². The Morgan fingerprint density at radius 3 is 2.50 bits per heavy atom. The highest BCUT2D eigenvalue weighted by Gasteiger charge is 2.45. The smallest absolute Gasteiger partial charge is 0.340 e. The Balaban J connectivity index is 2.15. The van der Waals surface area contributed by atoms with E-state index in [4.69, 9.17) is 14.6 Å². The van der Waals surface area contributed by atoms with Gasteiger partial charge in [0.05, 0.1) is 12.2 Å². The number of rotatable bonds is 3. The van der Waals surface area contributed by atoms with Crippen molar-refractivity contribution in [2.75, 3.05) is 6.61 Å². The molecule has 1 heterocycles. The molecule has 1 aromatic rings. The van der Waals surface area contributed by atoms with Gasteiger partial charge in [0, 0.05) is 0 Å². The lowest BCUT2D eigenvalue weighted by atomic mass is 9.99. The van der Waals surface area contributed by atoms with Crippen molar-refractivity contribution in [2.45, 2.75) is 44.6 Å². The minimum atomic E-state index is -1.60. The maximum absolute atomic E-state index is 12.2. The molecule has 1 aromatic carbocycles. The van der Waals surface area contributed by atoms with Crippen LogP contribution in [0.5, 0.6) is 0 Å². The Hall–Kier alpha value is -1.51. The highest BCUT2D eigenvalue weighted by molar-refractivity contribution is 5.91. The van der Waals surface area contributed by atoms with Crippen LogP contribution in [0.15, 0.2) is 18.2 Å². The van der Waals surface area contributed by atoms with E-state index in [1.54, 1.807) is 19.1 Å². The quantitative estimate of drug-likeness (QED) is 0.543. The molecule has 1 aliphatic rings. The SMILES string of the molecule is Cc1cccc(C(=O)O[C@@H]2O[C@H](CO)[C@H](O)[C@H](O)[C@H]2O)c1C. The Morgan fingerprint density at radius 1 is 1.18 bits per heavy atom. The molecule has 7 nitrogen and oxygen atoms in total. The molecule has 1 fully saturated rings. The Kier molecular flexibility index (Phi) is 5.15. The van der Waals surface area contributed by atoms with Crippen LogP contribution >= 0.6 is 0 Å². The predicted molar refractivity (Wildman–Crippen MR) is 75.1 cm³/mol.